The number of hydrogen-bond donors (Lipinski definition) is 2. The second kappa shape index (κ2) is 7.62. The fourth-order valence-corrected chi connectivity index (χ4v) is 2.01. The van der Waals surface area contributed by atoms with Gasteiger partial charge in [-0.3, -0.25) is 14.9 Å². The van der Waals surface area contributed by atoms with E-state index in [2.05, 4.69) is 10.6 Å². The number of amides is 3. The Morgan fingerprint density at radius 3 is 2.65 bits per heavy atom. The van der Waals surface area contributed by atoms with Gasteiger partial charge in [0.15, 0.2) is 6.61 Å². The summed E-state index contributed by atoms with van der Waals surface area (Å²) in [4.78, 5) is 34.7. The predicted octanol–water partition coefficient (Wildman–Crippen LogP) is 1.08. The van der Waals surface area contributed by atoms with Gasteiger partial charge in [-0.1, -0.05) is 17.7 Å². The molecule has 0 radical (unpaired) electrons. The van der Waals surface area contributed by atoms with Crippen LogP contribution in [0.2, 0.25) is 0 Å². The van der Waals surface area contributed by atoms with Crippen molar-refractivity contribution < 1.29 is 23.9 Å². The molecule has 0 heterocycles. The molecule has 0 atom stereocenters. The molecule has 7 nitrogen and oxygen atoms in total. The van der Waals surface area contributed by atoms with Crippen LogP contribution in [0.25, 0.3) is 0 Å². The van der Waals surface area contributed by atoms with Gasteiger partial charge < -0.3 is 14.8 Å². The maximum atomic E-state index is 11.8. The van der Waals surface area contributed by atoms with E-state index in [0.717, 1.165) is 18.4 Å². The van der Waals surface area contributed by atoms with E-state index >= 15 is 0 Å². The number of carbonyl (C=O) groups is 3. The van der Waals surface area contributed by atoms with E-state index in [0.29, 0.717) is 11.3 Å². The van der Waals surface area contributed by atoms with Crippen LogP contribution in [-0.4, -0.2) is 37.7 Å². The topological polar surface area (TPSA) is 93.7 Å². The maximum absolute atomic E-state index is 11.8. The lowest BCUT2D eigenvalue weighted by atomic mass is 10.1. The van der Waals surface area contributed by atoms with Gasteiger partial charge in [0.25, 0.3) is 5.91 Å². The van der Waals surface area contributed by atoms with E-state index in [1.165, 1.54) is 7.11 Å². The van der Waals surface area contributed by atoms with Crippen LogP contribution in [0.15, 0.2) is 18.2 Å². The minimum Gasteiger partial charge on any atom is -0.496 e. The van der Waals surface area contributed by atoms with Gasteiger partial charge in [0.1, 0.15) is 5.75 Å². The molecule has 1 saturated carbocycles. The molecule has 2 N–H and O–H groups in total. The molecule has 0 saturated heterocycles. The van der Waals surface area contributed by atoms with Crippen molar-refractivity contribution in [3.05, 3.63) is 29.3 Å². The molecular formula is C16H20N2O5. The van der Waals surface area contributed by atoms with Crippen LogP contribution in [0, 0.1) is 6.92 Å². The molecule has 1 aliphatic rings. The molecule has 2 rings (SSSR count). The van der Waals surface area contributed by atoms with Crippen molar-refractivity contribution in [3.63, 3.8) is 0 Å². The van der Waals surface area contributed by atoms with E-state index in [-0.39, 0.29) is 12.5 Å². The lowest BCUT2D eigenvalue weighted by Gasteiger charge is -2.10. The highest BCUT2D eigenvalue weighted by atomic mass is 16.5. The Labute approximate surface area is 134 Å². The number of urea groups is 1. The van der Waals surface area contributed by atoms with Gasteiger partial charge in [-0.05, 0) is 25.8 Å². The molecule has 0 bridgehead atoms. The highest BCUT2D eigenvalue weighted by molar-refractivity contribution is 5.95. The molecule has 124 valence electrons. The van der Waals surface area contributed by atoms with Crippen molar-refractivity contribution >= 4 is 17.9 Å². The predicted molar refractivity (Wildman–Crippen MR) is 82.1 cm³/mol. The summed E-state index contributed by atoms with van der Waals surface area (Å²) in [7, 11) is 1.52. The van der Waals surface area contributed by atoms with E-state index in [4.69, 9.17) is 9.47 Å². The number of imide groups is 1. The zero-order chi connectivity index (χ0) is 16.8. The number of rotatable bonds is 6. The summed E-state index contributed by atoms with van der Waals surface area (Å²) in [5.74, 6) is -0.639. The number of nitrogens with one attached hydrogen (secondary N) is 2. The van der Waals surface area contributed by atoms with E-state index in [9.17, 15) is 14.4 Å². The molecule has 23 heavy (non-hydrogen) atoms. The molecule has 3 amide bonds. The average Bonchev–Trinajstić information content (AvgIpc) is 3.29. The van der Waals surface area contributed by atoms with Crippen molar-refractivity contribution in [1.82, 2.24) is 10.6 Å². The van der Waals surface area contributed by atoms with Gasteiger partial charge in [-0.15, -0.1) is 0 Å². The van der Waals surface area contributed by atoms with Crippen LogP contribution < -0.4 is 15.4 Å². The van der Waals surface area contributed by atoms with Crippen molar-refractivity contribution in [2.24, 2.45) is 0 Å². The summed E-state index contributed by atoms with van der Waals surface area (Å²) in [5, 5.41) is 4.72. The molecule has 0 aliphatic heterocycles. The van der Waals surface area contributed by atoms with Crippen LogP contribution in [0.4, 0.5) is 4.79 Å². The van der Waals surface area contributed by atoms with Gasteiger partial charge in [-0.2, -0.15) is 0 Å². The quantitative estimate of drug-likeness (QED) is 0.765. The number of carbonyl (C=O) groups excluding carboxylic acids is 3. The van der Waals surface area contributed by atoms with Crippen molar-refractivity contribution in [1.29, 1.82) is 0 Å². The maximum Gasteiger partial charge on any atom is 0.321 e. The van der Waals surface area contributed by atoms with E-state index < -0.39 is 24.5 Å². The first kappa shape index (κ1) is 16.8. The normalized spacial score (nSPS) is 13.1. The number of benzene rings is 1. The Balaban J connectivity index is 1.77. The molecule has 7 heteroatoms. The SMILES string of the molecule is COc1ccc(C)cc1CC(=O)OCC(=O)NC(=O)NC1CC1. The smallest absolute Gasteiger partial charge is 0.321 e. The molecule has 0 aromatic heterocycles. The summed E-state index contributed by atoms with van der Waals surface area (Å²) < 4.78 is 10.1. The summed E-state index contributed by atoms with van der Waals surface area (Å²) in [6, 6.07) is 5.06. The van der Waals surface area contributed by atoms with Gasteiger partial charge in [0.2, 0.25) is 0 Å². The van der Waals surface area contributed by atoms with Crippen LogP contribution in [0.5, 0.6) is 5.75 Å². The highest BCUT2D eigenvalue weighted by Gasteiger charge is 2.24. The average molecular weight is 320 g/mol. The Bertz CT molecular complexity index is 610. The fourth-order valence-electron chi connectivity index (χ4n) is 2.01. The first-order chi connectivity index (χ1) is 11.0. The Kier molecular flexibility index (Phi) is 5.56. The second-order valence-corrected chi connectivity index (χ2v) is 5.45. The Morgan fingerprint density at radius 2 is 2.00 bits per heavy atom. The summed E-state index contributed by atoms with van der Waals surface area (Å²) in [6.07, 6.45) is 1.84. The molecule has 1 aromatic rings. The first-order valence-electron chi connectivity index (χ1n) is 7.37. The fraction of sp³-hybridized carbons (Fsp3) is 0.438. The molecule has 1 aliphatic carbocycles. The van der Waals surface area contributed by atoms with Gasteiger partial charge >= 0.3 is 12.0 Å². The highest BCUT2D eigenvalue weighted by Crippen LogP contribution is 2.20. The number of methoxy groups -OCH3 is 1. The van der Waals surface area contributed by atoms with Crippen LogP contribution in [0.1, 0.15) is 24.0 Å². The van der Waals surface area contributed by atoms with Crippen molar-refractivity contribution in [2.45, 2.75) is 32.2 Å². The third-order valence-corrected chi connectivity index (χ3v) is 3.30. The number of aryl methyl sites for hydroxylation is 1. The monoisotopic (exact) mass is 320 g/mol. The zero-order valence-corrected chi connectivity index (χ0v) is 13.2. The van der Waals surface area contributed by atoms with E-state index in [1.54, 1.807) is 6.07 Å². The molecule has 0 unspecified atom stereocenters. The molecule has 1 aromatic carbocycles. The lowest BCUT2D eigenvalue weighted by molar-refractivity contribution is -0.147. The van der Waals surface area contributed by atoms with E-state index in [1.807, 2.05) is 19.1 Å². The third-order valence-electron chi connectivity index (χ3n) is 3.30. The Hall–Kier alpha value is -2.57. The molecule has 1 fully saturated rings. The van der Waals surface area contributed by atoms with Gasteiger partial charge in [-0.25, -0.2) is 4.79 Å². The summed E-state index contributed by atoms with van der Waals surface area (Å²) in [6.45, 7) is 1.41. The van der Waals surface area contributed by atoms with Crippen LogP contribution >= 0.6 is 0 Å². The summed E-state index contributed by atoms with van der Waals surface area (Å²) in [5.41, 5.74) is 1.67. The van der Waals surface area contributed by atoms with Gasteiger partial charge in [0, 0.05) is 11.6 Å². The van der Waals surface area contributed by atoms with Crippen LogP contribution in [0.3, 0.4) is 0 Å². The lowest BCUT2D eigenvalue weighted by Crippen LogP contribution is -2.42. The number of ether oxygens (including phenoxy) is 2. The summed E-state index contributed by atoms with van der Waals surface area (Å²) >= 11 is 0. The van der Waals surface area contributed by atoms with Gasteiger partial charge in [0.05, 0.1) is 13.5 Å². The second-order valence-electron chi connectivity index (χ2n) is 5.45. The van der Waals surface area contributed by atoms with Crippen LogP contribution in [-0.2, 0) is 20.7 Å². The Morgan fingerprint density at radius 1 is 1.26 bits per heavy atom. The number of hydrogen-bond acceptors (Lipinski definition) is 5. The first-order valence-corrected chi connectivity index (χ1v) is 7.37. The largest absolute Gasteiger partial charge is 0.496 e. The molecule has 0 spiro atoms. The third kappa shape index (κ3) is 5.61. The standard InChI is InChI=1S/C16H20N2O5/c1-10-3-6-13(22-2)11(7-10)8-15(20)23-9-14(19)18-16(21)17-12-4-5-12/h3,6-7,12H,4-5,8-9H2,1-2H3,(H2,17,18,19,21). The zero-order valence-electron chi connectivity index (χ0n) is 13.2. The molecular weight excluding hydrogens is 300 g/mol. The number of esters is 1. The minimum absolute atomic E-state index is 0.00754. The van der Waals surface area contributed by atoms with Crippen molar-refractivity contribution in [2.75, 3.05) is 13.7 Å². The minimum atomic E-state index is -0.660. The van der Waals surface area contributed by atoms with Crippen molar-refractivity contribution in [3.8, 4) is 5.75 Å².